The molecule has 1 N–H and O–H groups in total. The van der Waals surface area contributed by atoms with E-state index in [9.17, 15) is 0 Å². The van der Waals surface area contributed by atoms with Crippen LogP contribution >= 0.6 is 11.6 Å². The molecule has 3 heteroatoms. The maximum Gasteiger partial charge on any atom is 0.201 e. The van der Waals surface area contributed by atoms with Gasteiger partial charge >= 0.3 is 0 Å². The Labute approximate surface area is 94.7 Å². The molecule has 0 amide bonds. The maximum absolute atomic E-state index is 5.87. The number of aromatic amines is 1. The van der Waals surface area contributed by atoms with Crippen molar-refractivity contribution in [1.29, 1.82) is 0 Å². The van der Waals surface area contributed by atoms with Crippen molar-refractivity contribution in [1.82, 2.24) is 9.97 Å². The van der Waals surface area contributed by atoms with Crippen LogP contribution in [0.25, 0.3) is 11.0 Å². The molecule has 1 unspecified atom stereocenters. The predicted octanol–water partition coefficient (Wildman–Crippen LogP) is 4.12. The Hall–Kier alpha value is -1.02. The van der Waals surface area contributed by atoms with Crippen LogP contribution in [0.1, 0.15) is 38.2 Å². The van der Waals surface area contributed by atoms with Crippen LogP contribution in [-0.2, 0) is 0 Å². The third-order valence-electron chi connectivity index (χ3n) is 2.77. The second-order valence-electron chi connectivity index (χ2n) is 3.96. The summed E-state index contributed by atoms with van der Waals surface area (Å²) in [5, 5.41) is 0.473. The lowest BCUT2D eigenvalue weighted by atomic mass is 9.95. The molecule has 0 saturated heterocycles. The van der Waals surface area contributed by atoms with Crippen molar-refractivity contribution >= 4 is 22.6 Å². The fourth-order valence-electron chi connectivity index (χ4n) is 2.01. The minimum atomic E-state index is 0.473. The van der Waals surface area contributed by atoms with Gasteiger partial charge in [-0.3, -0.25) is 0 Å². The van der Waals surface area contributed by atoms with Gasteiger partial charge in [0, 0.05) is 0 Å². The molecule has 2 rings (SSSR count). The van der Waals surface area contributed by atoms with E-state index in [4.69, 9.17) is 11.6 Å². The van der Waals surface area contributed by atoms with Crippen LogP contribution in [0.5, 0.6) is 0 Å². The number of H-pyrrole nitrogens is 1. The molecule has 1 atom stereocenters. The van der Waals surface area contributed by atoms with Gasteiger partial charge in [-0.05, 0) is 35.6 Å². The van der Waals surface area contributed by atoms with Crippen molar-refractivity contribution in [2.75, 3.05) is 0 Å². The van der Waals surface area contributed by atoms with Crippen molar-refractivity contribution in [2.24, 2.45) is 0 Å². The zero-order valence-electron chi connectivity index (χ0n) is 9.05. The molecule has 0 saturated carbocycles. The van der Waals surface area contributed by atoms with Crippen molar-refractivity contribution in [3.63, 3.8) is 0 Å². The molecule has 2 aromatic rings. The minimum absolute atomic E-state index is 0.473. The van der Waals surface area contributed by atoms with Gasteiger partial charge in [0.25, 0.3) is 0 Å². The van der Waals surface area contributed by atoms with Crippen molar-refractivity contribution < 1.29 is 0 Å². The van der Waals surface area contributed by atoms with Crippen LogP contribution in [0.2, 0.25) is 5.28 Å². The van der Waals surface area contributed by atoms with E-state index in [1.807, 2.05) is 6.07 Å². The SMILES string of the molecule is CCCC(C)c1cccc2[nH]c(Cl)nc12. The van der Waals surface area contributed by atoms with Gasteiger partial charge in [-0.1, -0.05) is 32.4 Å². The highest BCUT2D eigenvalue weighted by Crippen LogP contribution is 2.27. The monoisotopic (exact) mass is 222 g/mol. The lowest BCUT2D eigenvalue weighted by molar-refractivity contribution is 0.668. The molecule has 0 radical (unpaired) electrons. The Morgan fingerprint density at radius 2 is 2.27 bits per heavy atom. The third-order valence-corrected chi connectivity index (χ3v) is 2.95. The molecule has 80 valence electrons. The summed E-state index contributed by atoms with van der Waals surface area (Å²) in [6.07, 6.45) is 2.37. The van der Waals surface area contributed by atoms with Gasteiger partial charge in [-0.25, -0.2) is 4.98 Å². The first-order valence-electron chi connectivity index (χ1n) is 5.36. The van der Waals surface area contributed by atoms with Gasteiger partial charge in [0.1, 0.15) is 0 Å². The number of para-hydroxylation sites is 1. The highest BCUT2D eigenvalue weighted by atomic mass is 35.5. The zero-order valence-corrected chi connectivity index (χ0v) is 9.80. The van der Waals surface area contributed by atoms with Crippen LogP contribution in [0.15, 0.2) is 18.2 Å². The molecule has 0 aliphatic rings. The van der Waals surface area contributed by atoms with E-state index >= 15 is 0 Å². The summed E-state index contributed by atoms with van der Waals surface area (Å²) in [5.41, 5.74) is 3.33. The first kappa shape index (κ1) is 10.5. The van der Waals surface area contributed by atoms with Crippen molar-refractivity contribution in [2.45, 2.75) is 32.6 Å². The number of aromatic nitrogens is 2. The molecule has 15 heavy (non-hydrogen) atoms. The minimum Gasteiger partial charge on any atom is -0.329 e. The van der Waals surface area contributed by atoms with E-state index in [2.05, 4.69) is 35.9 Å². The Morgan fingerprint density at radius 1 is 1.47 bits per heavy atom. The fourth-order valence-corrected chi connectivity index (χ4v) is 2.20. The highest BCUT2D eigenvalue weighted by molar-refractivity contribution is 6.29. The fraction of sp³-hybridized carbons (Fsp3) is 0.417. The van der Waals surface area contributed by atoms with Gasteiger partial charge in [-0.15, -0.1) is 0 Å². The van der Waals surface area contributed by atoms with Crippen LogP contribution in [0.4, 0.5) is 0 Å². The molecule has 1 heterocycles. The number of benzene rings is 1. The van der Waals surface area contributed by atoms with Gasteiger partial charge in [0.2, 0.25) is 5.28 Å². The van der Waals surface area contributed by atoms with E-state index < -0.39 is 0 Å². The average molecular weight is 223 g/mol. The maximum atomic E-state index is 5.87. The first-order chi connectivity index (χ1) is 7.22. The second-order valence-corrected chi connectivity index (χ2v) is 4.32. The van der Waals surface area contributed by atoms with Crippen molar-refractivity contribution in [3.05, 3.63) is 29.0 Å². The third kappa shape index (κ3) is 2.00. The van der Waals surface area contributed by atoms with Crippen LogP contribution in [0, 0.1) is 0 Å². The number of hydrogen-bond donors (Lipinski definition) is 1. The predicted molar refractivity (Wildman–Crippen MR) is 64.4 cm³/mol. The molecule has 0 fully saturated rings. The molecule has 1 aromatic heterocycles. The van der Waals surface area contributed by atoms with Crippen LogP contribution < -0.4 is 0 Å². The molecule has 0 spiro atoms. The van der Waals surface area contributed by atoms with E-state index in [1.54, 1.807) is 0 Å². The first-order valence-corrected chi connectivity index (χ1v) is 5.74. The topological polar surface area (TPSA) is 28.7 Å². The van der Waals surface area contributed by atoms with Gasteiger partial charge in [-0.2, -0.15) is 0 Å². The van der Waals surface area contributed by atoms with Crippen LogP contribution in [-0.4, -0.2) is 9.97 Å². The standard InChI is InChI=1S/C12H15ClN2/c1-3-5-8(2)9-6-4-7-10-11(9)15-12(13)14-10/h4,6-8H,3,5H2,1-2H3,(H,14,15). The molecule has 1 aromatic carbocycles. The zero-order chi connectivity index (χ0) is 10.8. The number of hydrogen-bond acceptors (Lipinski definition) is 1. The molecular weight excluding hydrogens is 208 g/mol. The normalized spacial score (nSPS) is 13.3. The van der Waals surface area contributed by atoms with Gasteiger partial charge in [0.15, 0.2) is 0 Å². The Kier molecular flexibility index (Phi) is 2.96. The Balaban J connectivity index is 2.50. The Bertz CT molecular complexity index is 462. The van der Waals surface area contributed by atoms with E-state index in [0.717, 1.165) is 11.0 Å². The molecular formula is C12H15ClN2. The van der Waals surface area contributed by atoms with E-state index in [-0.39, 0.29) is 0 Å². The van der Waals surface area contributed by atoms with E-state index in [0.29, 0.717) is 11.2 Å². The lowest BCUT2D eigenvalue weighted by Crippen LogP contribution is -1.93. The van der Waals surface area contributed by atoms with Crippen LogP contribution in [0.3, 0.4) is 0 Å². The molecule has 0 aliphatic heterocycles. The molecule has 0 bridgehead atoms. The number of fused-ring (bicyclic) bond motifs is 1. The smallest absolute Gasteiger partial charge is 0.201 e. The van der Waals surface area contributed by atoms with E-state index in [1.165, 1.54) is 18.4 Å². The number of imidazole rings is 1. The molecule has 2 nitrogen and oxygen atoms in total. The average Bonchev–Trinajstić information content (AvgIpc) is 2.57. The molecule has 0 aliphatic carbocycles. The number of halogens is 1. The summed E-state index contributed by atoms with van der Waals surface area (Å²) in [6, 6.07) is 6.20. The summed E-state index contributed by atoms with van der Waals surface area (Å²) >= 11 is 5.87. The Morgan fingerprint density at radius 3 is 3.00 bits per heavy atom. The summed E-state index contributed by atoms with van der Waals surface area (Å²) in [7, 11) is 0. The quantitative estimate of drug-likeness (QED) is 0.832. The summed E-state index contributed by atoms with van der Waals surface area (Å²) < 4.78 is 0. The number of rotatable bonds is 3. The summed E-state index contributed by atoms with van der Waals surface area (Å²) in [5.74, 6) is 0.540. The highest BCUT2D eigenvalue weighted by Gasteiger charge is 2.11. The summed E-state index contributed by atoms with van der Waals surface area (Å²) in [6.45, 7) is 4.44. The van der Waals surface area contributed by atoms with Gasteiger partial charge in [0.05, 0.1) is 11.0 Å². The second kappa shape index (κ2) is 4.23. The lowest BCUT2D eigenvalue weighted by Gasteiger charge is -2.10. The van der Waals surface area contributed by atoms with Gasteiger partial charge < -0.3 is 4.98 Å². The largest absolute Gasteiger partial charge is 0.329 e. The number of nitrogens with one attached hydrogen (secondary N) is 1. The van der Waals surface area contributed by atoms with Crippen molar-refractivity contribution in [3.8, 4) is 0 Å². The number of nitrogens with zero attached hydrogens (tertiary/aromatic N) is 1. The summed E-state index contributed by atoms with van der Waals surface area (Å²) in [4.78, 5) is 7.38.